The molecule has 1 fully saturated rings. The minimum Gasteiger partial charge on any atom is -0.383 e. The number of benzene rings is 1. The van der Waals surface area contributed by atoms with Crippen molar-refractivity contribution < 1.29 is 14.3 Å². The molecule has 3 rings (SSSR count). The highest BCUT2D eigenvalue weighted by molar-refractivity contribution is 7.98. The van der Waals surface area contributed by atoms with Gasteiger partial charge in [-0.1, -0.05) is 43.2 Å². The molecule has 0 atom stereocenters. The Morgan fingerprint density at radius 1 is 1.06 bits per heavy atom. The minimum absolute atomic E-state index is 0.0233. The fourth-order valence-electron chi connectivity index (χ4n) is 4.40. The summed E-state index contributed by atoms with van der Waals surface area (Å²) in [5.41, 5.74) is 0.479. The lowest BCUT2D eigenvalue weighted by Crippen LogP contribution is -2.41. The summed E-state index contributed by atoms with van der Waals surface area (Å²) < 4.78 is 6.80. The number of nitrogens with one attached hydrogen (secondary N) is 2. The van der Waals surface area contributed by atoms with E-state index in [1.807, 2.05) is 24.5 Å². The Labute approximate surface area is 199 Å². The molecule has 0 saturated heterocycles. The number of pyridine rings is 1. The Hall–Kier alpha value is -2.58. The molecule has 8 heteroatoms. The standard InChI is InChI=1S/C25H33N3O4S/c1-32-14-13-28-16-20(23(30)26-12-15-33-2)22(29)21(17-28)24(31)27-18-25(10-6-7-11-25)19-8-4-3-5-9-19/h3-5,8-9,16-17H,6-7,10-15,18H2,1-2H3,(H,26,30)(H,27,31). The van der Waals surface area contributed by atoms with Crippen LogP contribution < -0.4 is 16.1 Å². The predicted octanol–water partition coefficient (Wildman–Crippen LogP) is 2.83. The van der Waals surface area contributed by atoms with Crippen molar-refractivity contribution in [2.75, 3.05) is 38.8 Å². The van der Waals surface area contributed by atoms with Gasteiger partial charge >= 0.3 is 0 Å². The maximum atomic E-state index is 13.2. The molecule has 2 N–H and O–H groups in total. The maximum Gasteiger partial charge on any atom is 0.256 e. The zero-order valence-corrected chi connectivity index (χ0v) is 20.2. The zero-order valence-electron chi connectivity index (χ0n) is 19.4. The first-order valence-electron chi connectivity index (χ1n) is 11.3. The van der Waals surface area contributed by atoms with E-state index in [4.69, 9.17) is 4.74 Å². The van der Waals surface area contributed by atoms with Crippen LogP contribution in [0.4, 0.5) is 0 Å². The maximum absolute atomic E-state index is 13.2. The van der Waals surface area contributed by atoms with Gasteiger partial charge in [-0.3, -0.25) is 14.4 Å². The second-order valence-corrected chi connectivity index (χ2v) is 9.42. The van der Waals surface area contributed by atoms with Crippen molar-refractivity contribution in [2.45, 2.75) is 37.6 Å². The highest BCUT2D eigenvalue weighted by Gasteiger charge is 2.36. The van der Waals surface area contributed by atoms with Gasteiger partial charge in [0.05, 0.1) is 6.61 Å². The number of nitrogens with zero attached hydrogens (tertiary/aromatic N) is 1. The first-order valence-corrected chi connectivity index (χ1v) is 12.7. The lowest BCUT2D eigenvalue weighted by Gasteiger charge is -2.30. The van der Waals surface area contributed by atoms with Crippen molar-refractivity contribution in [1.82, 2.24) is 15.2 Å². The molecular formula is C25H33N3O4S. The second-order valence-electron chi connectivity index (χ2n) is 8.43. The number of hydrogen-bond donors (Lipinski definition) is 2. The summed E-state index contributed by atoms with van der Waals surface area (Å²) in [7, 11) is 1.58. The van der Waals surface area contributed by atoms with Crippen LogP contribution in [0.3, 0.4) is 0 Å². The lowest BCUT2D eigenvalue weighted by atomic mass is 9.79. The fraction of sp³-hybridized carbons (Fsp3) is 0.480. The molecule has 1 aliphatic rings. The molecule has 0 spiro atoms. The molecule has 1 heterocycles. The number of carbonyl (C=O) groups excluding carboxylic acids is 2. The van der Waals surface area contributed by atoms with Crippen molar-refractivity contribution in [3.63, 3.8) is 0 Å². The Morgan fingerprint density at radius 2 is 1.70 bits per heavy atom. The molecular weight excluding hydrogens is 438 g/mol. The number of rotatable bonds is 11. The van der Waals surface area contributed by atoms with Crippen molar-refractivity contribution in [3.05, 3.63) is 69.6 Å². The summed E-state index contributed by atoms with van der Waals surface area (Å²) >= 11 is 1.60. The van der Waals surface area contributed by atoms with Gasteiger partial charge in [-0.2, -0.15) is 11.8 Å². The summed E-state index contributed by atoms with van der Waals surface area (Å²) in [6.07, 6.45) is 9.16. The van der Waals surface area contributed by atoms with Crippen LogP contribution in [0.15, 0.2) is 47.5 Å². The fourth-order valence-corrected chi connectivity index (χ4v) is 4.70. The highest BCUT2D eigenvalue weighted by atomic mass is 32.2. The number of ether oxygens (including phenoxy) is 1. The number of amides is 2. The van der Waals surface area contributed by atoms with Crippen LogP contribution in [0.25, 0.3) is 0 Å². The molecule has 178 valence electrons. The second kappa shape index (κ2) is 12.0. The van der Waals surface area contributed by atoms with Crippen molar-refractivity contribution in [3.8, 4) is 0 Å². The molecule has 1 saturated carbocycles. The Bertz CT molecular complexity index is 1000. The Balaban J connectivity index is 1.84. The van der Waals surface area contributed by atoms with Crippen LogP contribution in [0.5, 0.6) is 0 Å². The van der Waals surface area contributed by atoms with Crippen molar-refractivity contribution in [2.24, 2.45) is 0 Å². The first kappa shape index (κ1) is 25.1. The van der Waals surface area contributed by atoms with Crippen LogP contribution in [-0.4, -0.2) is 55.2 Å². The van der Waals surface area contributed by atoms with Gasteiger partial charge in [0.2, 0.25) is 5.43 Å². The highest BCUT2D eigenvalue weighted by Crippen LogP contribution is 2.40. The quantitative estimate of drug-likeness (QED) is 0.492. The molecule has 7 nitrogen and oxygen atoms in total. The van der Waals surface area contributed by atoms with Gasteiger partial charge in [-0.25, -0.2) is 0 Å². The molecule has 1 aromatic heterocycles. The summed E-state index contributed by atoms with van der Waals surface area (Å²) in [5.74, 6) is -0.177. The summed E-state index contributed by atoms with van der Waals surface area (Å²) in [4.78, 5) is 38.9. The number of aromatic nitrogens is 1. The zero-order chi connectivity index (χ0) is 23.7. The molecule has 0 bridgehead atoms. The SMILES string of the molecule is COCCn1cc(C(=O)NCCSC)c(=O)c(C(=O)NCC2(c3ccccc3)CCCC2)c1. The number of hydrogen-bond acceptors (Lipinski definition) is 5. The van der Waals surface area contributed by atoms with Crippen molar-refractivity contribution in [1.29, 1.82) is 0 Å². The lowest BCUT2D eigenvalue weighted by molar-refractivity contribution is 0.0940. The molecule has 1 aliphatic carbocycles. The van der Waals surface area contributed by atoms with Gasteiger partial charge in [-0.05, 0) is 24.7 Å². The number of carbonyl (C=O) groups is 2. The molecule has 2 amide bonds. The van der Waals surface area contributed by atoms with Gasteiger partial charge in [0.1, 0.15) is 11.1 Å². The monoisotopic (exact) mass is 471 g/mol. The largest absolute Gasteiger partial charge is 0.383 e. The van der Waals surface area contributed by atoms with Crippen LogP contribution in [-0.2, 0) is 16.7 Å². The Morgan fingerprint density at radius 3 is 2.30 bits per heavy atom. The van der Waals surface area contributed by atoms with E-state index in [0.29, 0.717) is 26.2 Å². The minimum atomic E-state index is -0.553. The number of methoxy groups -OCH3 is 1. The molecule has 0 aliphatic heterocycles. The van der Waals surface area contributed by atoms with E-state index >= 15 is 0 Å². The molecule has 1 aromatic carbocycles. The summed E-state index contributed by atoms with van der Waals surface area (Å²) in [6, 6.07) is 10.2. The smallest absolute Gasteiger partial charge is 0.256 e. The average Bonchev–Trinajstić information content (AvgIpc) is 3.32. The summed E-state index contributed by atoms with van der Waals surface area (Å²) in [5, 5.41) is 5.76. The molecule has 2 aromatic rings. The van der Waals surface area contributed by atoms with Crippen LogP contribution in [0.2, 0.25) is 0 Å². The first-order chi connectivity index (χ1) is 16.0. The van der Waals surface area contributed by atoms with Crippen LogP contribution in [0.1, 0.15) is 52.0 Å². The number of thioether (sulfide) groups is 1. The van der Waals surface area contributed by atoms with Crippen LogP contribution >= 0.6 is 11.8 Å². The molecule has 0 unspecified atom stereocenters. The summed E-state index contributed by atoms with van der Waals surface area (Å²) in [6.45, 7) is 1.73. The third kappa shape index (κ3) is 6.26. The molecule has 33 heavy (non-hydrogen) atoms. The van der Waals surface area contributed by atoms with E-state index in [-0.39, 0.29) is 16.5 Å². The van der Waals surface area contributed by atoms with E-state index in [9.17, 15) is 14.4 Å². The predicted molar refractivity (Wildman–Crippen MR) is 132 cm³/mol. The van der Waals surface area contributed by atoms with E-state index in [1.165, 1.54) is 18.0 Å². The van der Waals surface area contributed by atoms with E-state index in [0.717, 1.165) is 31.4 Å². The van der Waals surface area contributed by atoms with Gasteiger partial charge in [0.15, 0.2) is 0 Å². The normalized spacial score (nSPS) is 14.7. The van der Waals surface area contributed by atoms with Gasteiger partial charge in [-0.15, -0.1) is 0 Å². The van der Waals surface area contributed by atoms with Gasteiger partial charge in [0.25, 0.3) is 11.8 Å². The Kier molecular flexibility index (Phi) is 9.14. The van der Waals surface area contributed by atoms with E-state index < -0.39 is 17.2 Å². The van der Waals surface area contributed by atoms with Gasteiger partial charge < -0.3 is 19.9 Å². The van der Waals surface area contributed by atoms with Crippen molar-refractivity contribution >= 4 is 23.6 Å². The third-order valence-electron chi connectivity index (χ3n) is 6.25. The van der Waals surface area contributed by atoms with Crippen LogP contribution in [0, 0.1) is 0 Å². The topological polar surface area (TPSA) is 89.4 Å². The third-order valence-corrected chi connectivity index (χ3v) is 6.86. The van der Waals surface area contributed by atoms with E-state index in [1.54, 1.807) is 23.4 Å². The van der Waals surface area contributed by atoms with Gasteiger partial charge in [0, 0.05) is 50.3 Å². The van der Waals surface area contributed by atoms with E-state index in [2.05, 4.69) is 22.8 Å². The average molecular weight is 472 g/mol. The molecule has 0 radical (unpaired) electrons.